The third-order valence-corrected chi connectivity index (χ3v) is 7.37. The minimum atomic E-state index is 0. The zero-order valence-corrected chi connectivity index (χ0v) is 28.9. The number of hydrogen-bond acceptors (Lipinski definition) is 1. The zero-order valence-electron chi connectivity index (χ0n) is 23.7. The second-order valence-corrected chi connectivity index (χ2v) is 10.8. The van der Waals surface area contributed by atoms with Gasteiger partial charge < -0.3 is 11.8 Å². The Morgan fingerprint density at radius 1 is 0.811 bits per heavy atom. The molecule has 194 valence electrons. The van der Waals surface area contributed by atoms with Gasteiger partial charge in [0.2, 0.25) is 0 Å². The standard InChI is InChI=1S/C32H35N2.CH3.Ir.Y/c1-18(2)23-15-26(19(3)4)31(27(16-23)20(5)6)30-17-33-32-25-12-10-9-11-24(25)28-13-21(7)22(8)14-29(28)34(30)32;;;/h9-11,13-20H,1-8H3;1H3;;/q2*-1;;. The normalized spacial score (nSPS) is 11.3. The molecule has 0 aliphatic rings. The number of pyridine rings is 1. The van der Waals surface area contributed by atoms with E-state index in [0.29, 0.717) is 17.8 Å². The summed E-state index contributed by atoms with van der Waals surface area (Å²) in [5.41, 5.74) is 11.6. The molecule has 3 aromatic carbocycles. The van der Waals surface area contributed by atoms with Crippen LogP contribution in [-0.2, 0) is 52.8 Å². The molecule has 2 nitrogen and oxygen atoms in total. The summed E-state index contributed by atoms with van der Waals surface area (Å²) in [5, 5.41) is 3.56. The van der Waals surface area contributed by atoms with E-state index >= 15 is 0 Å². The van der Waals surface area contributed by atoms with Gasteiger partial charge in [0, 0.05) is 70.1 Å². The zero-order chi connectivity index (χ0) is 24.3. The van der Waals surface area contributed by atoms with Crippen LogP contribution in [0.4, 0.5) is 0 Å². The van der Waals surface area contributed by atoms with Gasteiger partial charge >= 0.3 is 0 Å². The number of aryl methyl sites for hydroxylation is 2. The van der Waals surface area contributed by atoms with Crippen molar-refractivity contribution in [2.45, 2.75) is 73.1 Å². The van der Waals surface area contributed by atoms with E-state index < -0.39 is 0 Å². The molecule has 37 heavy (non-hydrogen) atoms. The fourth-order valence-corrected chi connectivity index (χ4v) is 5.25. The van der Waals surface area contributed by atoms with E-state index in [1.807, 2.05) is 6.07 Å². The predicted octanol–water partition coefficient (Wildman–Crippen LogP) is 9.54. The average Bonchev–Trinajstić information content (AvgIpc) is 3.24. The number of benzene rings is 3. The number of aromatic nitrogens is 2. The molecule has 0 bridgehead atoms. The summed E-state index contributed by atoms with van der Waals surface area (Å²) >= 11 is 0. The maximum atomic E-state index is 5.02. The van der Waals surface area contributed by atoms with E-state index in [1.54, 1.807) is 0 Å². The van der Waals surface area contributed by atoms with Crippen molar-refractivity contribution < 1.29 is 52.8 Å². The van der Waals surface area contributed by atoms with Gasteiger partial charge in [-0.15, -0.1) is 29.7 Å². The summed E-state index contributed by atoms with van der Waals surface area (Å²) in [6.45, 7) is 18.2. The van der Waals surface area contributed by atoms with Crippen LogP contribution in [0.1, 0.15) is 87.1 Å². The number of nitrogens with zero attached hydrogens (tertiary/aromatic N) is 2. The molecule has 0 fully saturated rings. The molecule has 2 heterocycles. The van der Waals surface area contributed by atoms with Crippen molar-refractivity contribution in [1.29, 1.82) is 0 Å². The second kappa shape index (κ2) is 12.2. The Morgan fingerprint density at radius 3 is 1.97 bits per heavy atom. The van der Waals surface area contributed by atoms with Crippen molar-refractivity contribution >= 4 is 27.3 Å². The Kier molecular flexibility index (Phi) is 10.5. The quantitative estimate of drug-likeness (QED) is 0.133. The van der Waals surface area contributed by atoms with Gasteiger partial charge in [-0.1, -0.05) is 65.1 Å². The van der Waals surface area contributed by atoms with Gasteiger partial charge in [-0.2, -0.15) is 0 Å². The molecule has 0 unspecified atom stereocenters. The number of fused-ring (bicyclic) bond motifs is 6. The van der Waals surface area contributed by atoms with Crippen molar-refractivity contribution in [3.63, 3.8) is 0 Å². The van der Waals surface area contributed by atoms with Gasteiger partial charge in [-0.3, -0.25) is 4.98 Å². The molecule has 0 spiro atoms. The fraction of sp³-hybridized carbons (Fsp3) is 0.333. The van der Waals surface area contributed by atoms with Crippen LogP contribution < -0.4 is 0 Å². The molecule has 5 rings (SSSR count). The third kappa shape index (κ3) is 5.40. The van der Waals surface area contributed by atoms with E-state index in [9.17, 15) is 0 Å². The van der Waals surface area contributed by atoms with Crippen LogP contribution in [0.25, 0.3) is 38.6 Å². The summed E-state index contributed by atoms with van der Waals surface area (Å²) in [5.74, 6) is 1.33. The summed E-state index contributed by atoms with van der Waals surface area (Å²) in [6.07, 6.45) is 2.09. The molecule has 0 saturated carbocycles. The van der Waals surface area contributed by atoms with Crippen LogP contribution in [-0.4, -0.2) is 9.38 Å². The van der Waals surface area contributed by atoms with Crippen LogP contribution in [0, 0.1) is 27.3 Å². The van der Waals surface area contributed by atoms with Gasteiger partial charge in [0.05, 0.1) is 11.3 Å². The molecule has 0 amide bonds. The van der Waals surface area contributed by atoms with Crippen LogP contribution in [0.2, 0.25) is 0 Å². The third-order valence-electron chi connectivity index (χ3n) is 7.37. The molecule has 0 atom stereocenters. The molecule has 0 aliphatic heterocycles. The van der Waals surface area contributed by atoms with Crippen molar-refractivity contribution in [2.24, 2.45) is 0 Å². The number of hydrogen-bond donors (Lipinski definition) is 0. The monoisotopic (exact) mass is 744 g/mol. The van der Waals surface area contributed by atoms with Gasteiger partial charge in [0.15, 0.2) is 0 Å². The van der Waals surface area contributed by atoms with Crippen molar-refractivity contribution in [3.8, 4) is 11.3 Å². The average molecular weight is 744 g/mol. The SMILES string of the molecule is Cc1cc2c3ccc[c-]c3c3ncc(-c4c(C(C)C)cc(C(C)C)cc4C(C)C)n3c2cc1C.[CH3-].[Ir].[Y]. The van der Waals surface area contributed by atoms with Crippen LogP contribution in [0.15, 0.2) is 48.7 Å². The first-order valence-corrected chi connectivity index (χ1v) is 12.6. The van der Waals surface area contributed by atoms with Crippen molar-refractivity contribution in [2.75, 3.05) is 0 Å². The molecule has 4 heteroatoms. The Bertz CT molecular complexity index is 1530. The van der Waals surface area contributed by atoms with Gasteiger partial charge in [-0.05, 0) is 70.9 Å². The first kappa shape index (κ1) is 31.8. The summed E-state index contributed by atoms with van der Waals surface area (Å²) in [4.78, 5) is 5.02. The van der Waals surface area contributed by atoms with E-state index in [1.165, 1.54) is 55.4 Å². The van der Waals surface area contributed by atoms with Crippen molar-refractivity contribution in [3.05, 3.63) is 90.0 Å². The Balaban J connectivity index is 0.00000160. The first-order chi connectivity index (χ1) is 16.2. The predicted molar refractivity (Wildman–Crippen MR) is 153 cm³/mol. The fourth-order valence-electron chi connectivity index (χ4n) is 5.25. The summed E-state index contributed by atoms with van der Waals surface area (Å²) in [7, 11) is 0. The molecule has 2 aromatic heterocycles. The molecule has 0 aliphatic carbocycles. The Hall–Kier alpha value is -1.38. The minimum absolute atomic E-state index is 0. The first-order valence-electron chi connectivity index (χ1n) is 12.6. The molecule has 0 saturated heterocycles. The van der Waals surface area contributed by atoms with Gasteiger partial charge in [0.1, 0.15) is 0 Å². The van der Waals surface area contributed by atoms with Crippen LogP contribution in [0.3, 0.4) is 0 Å². The van der Waals surface area contributed by atoms with E-state index in [0.717, 1.165) is 11.0 Å². The van der Waals surface area contributed by atoms with Crippen LogP contribution >= 0.6 is 0 Å². The number of rotatable bonds is 4. The van der Waals surface area contributed by atoms with E-state index in [4.69, 9.17) is 4.98 Å². The molecular weight excluding hydrogens is 706 g/mol. The molecule has 0 N–H and O–H groups in total. The molecule has 5 aromatic rings. The minimum Gasteiger partial charge on any atom is -0.358 e. The maximum absolute atomic E-state index is 5.02. The molecular formula is C33H38IrN2Y-2. The maximum Gasteiger partial charge on any atom is 0.0639 e. The second-order valence-electron chi connectivity index (χ2n) is 10.8. The van der Waals surface area contributed by atoms with Crippen LogP contribution in [0.5, 0.6) is 0 Å². The van der Waals surface area contributed by atoms with E-state index in [-0.39, 0.29) is 60.2 Å². The van der Waals surface area contributed by atoms with Crippen molar-refractivity contribution in [1.82, 2.24) is 9.38 Å². The molecule has 2 radical (unpaired) electrons. The largest absolute Gasteiger partial charge is 0.358 e. The van der Waals surface area contributed by atoms with Gasteiger partial charge in [0.25, 0.3) is 0 Å². The summed E-state index contributed by atoms with van der Waals surface area (Å²) in [6, 6.07) is 19.3. The number of imidazole rings is 1. The Labute approximate surface area is 261 Å². The van der Waals surface area contributed by atoms with Gasteiger partial charge in [-0.25, -0.2) is 0 Å². The summed E-state index contributed by atoms with van der Waals surface area (Å²) < 4.78 is 2.39. The van der Waals surface area contributed by atoms with E-state index in [2.05, 4.69) is 108 Å². The smallest absolute Gasteiger partial charge is 0.0639 e. The topological polar surface area (TPSA) is 17.3 Å². The Morgan fingerprint density at radius 2 is 1.41 bits per heavy atom.